The molecule has 2 heterocycles. The van der Waals surface area contributed by atoms with Gasteiger partial charge >= 0.3 is 6.03 Å². The average molecular weight is 334 g/mol. The minimum atomic E-state index is -0.452. The summed E-state index contributed by atoms with van der Waals surface area (Å²) >= 11 is 0. The van der Waals surface area contributed by atoms with E-state index in [1.54, 1.807) is 6.07 Å². The van der Waals surface area contributed by atoms with Gasteiger partial charge in [-0.25, -0.2) is 4.79 Å². The van der Waals surface area contributed by atoms with Crippen LogP contribution in [0, 0.1) is 0 Å². The van der Waals surface area contributed by atoms with Gasteiger partial charge in [-0.2, -0.15) is 0 Å². The maximum atomic E-state index is 12.5. The number of nitrogens with zero attached hydrogens (tertiary/aromatic N) is 2. The van der Waals surface area contributed by atoms with Crippen LogP contribution in [-0.2, 0) is 0 Å². The number of para-hydroxylation sites is 1. The summed E-state index contributed by atoms with van der Waals surface area (Å²) in [6, 6.07) is 17.2. The molecule has 6 nitrogen and oxygen atoms in total. The van der Waals surface area contributed by atoms with E-state index in [2.05, 4.69) is 28.1 Å². The number of hydrogen-bond acceptors (Lipinski definition) is 2. The molecule has 3 N–H and O–H groups in total. The molecule has 4 rings (SSSR count). The molecule has 25 heavy (non-hydrogen) atoms. The number of carbonyl (C=O) groups is 2. The van der Waals surface area contributed by atoms with E-state index in [9.17, 15) is 9.59 Å². The van der Waals surface area contributed by atoms with Crippen molar-refractivity contribution in [1.29, 1.82) is 0 Å². The number of aromatic nitrogens is 1. The number of primary amides is 1. The van der Waals surface area contributed by atoms with Crippen molar-refractivity contribution < 1.29 is 9.59 Å². The van der Waals surface area contributed by atoms with Crippen LogP contribution in [0.4, 0.5) is 4.79 Å². The Morgan fingerprint density at radius 2 is 1.84 bits per heavy atom. The zero-order chi connectivity index (χ0) is 17.4. The molecule has 0 aliphatic carbocycles. The van der Waals surface area contributed by atoms with Gasteiger partial charge in [-0.1, -0.05) is 24.3 Å². The Hall–Kier alpha value is -3.28. The summed E-state index contributed by atoms with van der Waals surface area (Å²) in [5.41, 5.74) is 7.81. The molecule has 1 aliphatic rings. The first-order valence-electron chi connectivity index (χ1n) is 8.13. The molecule has 0 radical (unpaired) electrons. The molecule has 6 heteroatoms. The number of benzene rings is 2. The Morgan fingerprint density at radius 3 is 2.64 bits per heavy atom. The molecular formula is C19H18N4O2. The van der Waals surface area contributed by atoms with Crippen molar-refractivity contribution in [3.8, 4) is 5.69 Å². The summed E-state index contributed by atoms with van der Waals surface area (Å²) < 4.78 is 2.06. The van der Waals surface area contributed by atoms with Gasteiger partial charge in [0.25, 0.3) is 5.91 Å². The molecule has 0 spiro atoms. The average Bonchev–Trinajstić information content (AvgIpc) is 3.01. The van der Waals surface area contributed by atoms with Gasteiger partial charge in [0.15, 0.2) is 0 Å². The molecule has 126 valence electrons. The van der Waals surface area contributed by atoms with Crippen LogP contribution < -0.4 is 11.1 Å². The Morgan fingerprint density at radius 1 is 1.04 bits per heavy atom. The molecule has 1 aliphatic heterocycles. The molecule has 0 bridgehead atoms. The van der Waals surface area contributed by atoms with E-state index in [0.717, 1.165) is 16.6 Å². The fraction of sp³-hybridized carbons (Fsp3) is 0.158. The number of likely N-dealkylation sites (tertiary alicyclic amines) is 1. The number of carbonyl (C=O) groups excluding carboxylic acids is 2. The van der Waals surface area contributed by atoms with Gasteiger partial charge in [0.1, 0.15) is 0 Å². The Balaban J connectivity index is 1.54. The summed E-state index contributed by atoms with van der Waals surface area (Å²) in [4.78, 5) is 24.9. The highest BCUT2D eigenvalue weighted by Crippen LogP contribution is 2.21. The lowest BCUT2D eigenvalue weighted by atomic mass is 10.1. The van der Waals surface area contributed by atoms with Crippen LogP contribution in [0.3, 0.4) is 0 Å². The number of nitrogens with one attached hydrogen (secondary N) is 1. The molecule has 1 saturated heterocycles. The Labute approximate surface area is 144 Å². The van der Waals surface area contributed by atoms with E-state index in [-0.39, 0.29) is 11.9 Å². The van der Waals surface area contributed by atoms with E-state index < -0.39 is 6.03 Å². The fourth-order valence-corrected chi connectivity index (χ4v) is 3.12. The van der Waals surface area contributed by atoms with Crippen molar-refractivity contribution in [1.82, 2.24) is 14.8 Å². The summed E-state index contributed by atoms with van der Waals surface area (Å²) in [5.74, 6) is -0.146. The van der Waals surface area contributed by atoms with Crippen LogP contribution in [0.5, 0.6) is 0 Å². The summed E-state index contributed by atoms with van der Waals surface area (Å²) in [6.45, 7) is 0.923. The number of hydrogen-bond donors (Lipinski definition) is 2. The Bertz CT molecular complexity index is 957. The van der Waals surface area contributed by atoms with Crippen molar-refractivity contribution in [2.75, 3.05) is 13.1 Å². The molecule has 1 fully saturated rings. The number of amides is 3. The number of nitrogens with two attached hydrogens (primary N) is 1. The van der Waals surface area contributed by atoms with Crippen molar-refractivity contribution >= 4 is 22.8 Å². The predicted molar refractivity (Wildman–Crippen MR) is 95.7 cm³/mol. The molecule has 3 aromatic rings. The highest BCUT2D eigenvalue weighted by Gasteiger charge is 2.30. The van der Waals surface area contributed by atoms with E-state index in [1.807, 2.05) is 36.5 Å². The summed E-state index contributed by atoms with van der Waals surface area (Å²) in [6.07, 6.45) is 2.00. The highest BCUT2D eigenvalue weighted by molar-refractivity contribution is 5.95. The first kappa shape index (κ1) is 15.3. The third kappa shape index (κ3) is 2.82. The first-order chi connectivity index (χ1) is 12.1. The van der Waals surface area contributed by atoms with Gasteiger partial charge in [-0.05, 0) is 35.7 Å². The van der Waals surface area contributed by atoms with E-state index in [0.29, 0.717) is 18.7 Å². The highest BCUT2D eigenvalue weighted by atomic mass is 16.2. The lowest BCUT2D eigenvalue weighted by Gasteiger charge is -2.38. The van der Waals surface area contributed by atoms with Crippen LogP contribution in [0.25, 0.3) is 16.6 Å². The SMILES string of the molecule is NC(=O)N1CC(NC(=O)c2cccc(-n3ccc4ccccc43)c2)C1. The second kappa shape index (κ2) is 5.98. The van der Waals surface area contributed by atoms with Crippen LogP contribution in [0.2, 0.25) is 0 Å². The molecule has 1 aromatic heterocycles. The second-order valence-electron chi connectivity index (χ2n) is 6.21. The van der Waals surface area contributed by atoms with Crippen molar-refractivity contribution in [3.05, 3.63) is 66.4 Å². The third-order valence-electron chi connectivity index (χ3n) is 4.51. The van der Waals surface area contributed by atoms with E-state index >= 15 is 0 Å². The van der Waals surface area contributed by atoms with Gasteiger partial charge < -0.3 is 20.5 Å². The van der Waals surface area contributed by atoms with E-state index in [1.165, 1.54) is 4.90 Å². The molecule has 2 aromatic carbocycles. The molecule has 3 amide bonds. The van der Waals surface area contributed by atoms with Gasteiger partial charge in [0.2, 0.25) is 0 Å². The largest absolute Gasteiger partial charge is 0.351 e. The standard InChI is InChI=1S/C19H18N4O2/c20-19(25)22-11-15(12-22)21-18(24)14-5-3-6-16(10-14)23-9-8-13-4-1-2-7-17(13)23/h1-10,15H,11-12H2,(H2,20,25)(H,21,24). The molecule has 0 saturated carbocycles. The fourth-order valence-electron chi connectivity index (χ4n) is 3.12. The minimum Gasteiger partial charge on any atom is -0.351 e. The smallest absolute Gasteiger partial charge is 0.314 e. The Kier molecular flexibility index (Phi) is 3.65. The van der Waals surface area contributed by atoms with Crippen LogP contribution >= 0.6 is 0 Å². The predicted octanol–water partition coefficient (Wildman–Crippen LogP) is 2.12. The first-order valence-corrected chi connectivity index (χ1v) is 8.13. The monoisotopic (exact) mass is 334 g/mol. The van der Waals surface area contributed by atoms with Crippen LogP contribution in [0.1, 0.15) is 10.4 Å². The van der Waals surface area contributed by atoms with Crippen molar-refractivity contribution in [2.45, 2.75) is 6.04 Å². The zero-order valence-corrected chi connectivity index (χ0v) is 13.6. The number of fused-ring (bicyclic) bond motifs is 1. The minimum absolute atomic E-state index is 0.0453. The maximum Gasteiger partial charge on any atom is 0.314 e. The van der Waals surface area contributed by atoms with Crippen molar-refractivity contribution in [2.24, 2.45) is 5.73 Å². The molecule has 0 atom stereocenters. The maximum absolute atomic E-state index is 12.5. The van der Waals surface area contributed by atoms with Crippen LogP contribution in [-0.4, -0.2) is 40.5 Å². The van der Waals surface area contributed by atoms with Crippen molar-refractivity contribution in [3.63, 3.8) is 0 Å². The van der Waals surface area contributed by atoms with E-state index in [4.69, 9.17) is 5.73 Å². The normalized spacial score (nSPS) is 14.3. The van der Waals surface area contributed by atoms with Crippen LogP contribution in [0.15, 0.2) is 60.8 Å². The molecular weight excluding hydrogens is 316 g/mol. The third-order valence-corrected chi connectivity index (χ3v) is 4.51. The zero-order valence-electron chi connectivity index (χ0n) is 13.6. The van der Waals surface area contributed by atoms with Gasteiger partial charge in [0.05, 0.1) is 11.6 Å². The lowest BCUT2D eigenvalue weighted by molar-refractivity contribution is 0.0861. The summed E-state index contributed by atoms with van der Waals surface area (Å²) in [7, 11) is 0. The quantitative estimate of drug-likeness (QED) is 0.769. The van der Waals surface area contributed by atoms with Gasteiger partial charge in [-0.15, -0.1) is 0 Å². The lowest BCUT2D eigenvalue weighted by Crippen LogP contribution is -2.62. The molecule has 0 unspecified atom stereocenters. The van der Waals surface area contributed by atoms with Gasteiger partial charge in [-0.3, -0.25) is 4.79 Å². The second-order valence-corrected chi connectivity index (χ2v) is 6.21. The topological polar surface area (TPSA) is 80.4 Å². The summed E-state index contributed by atoms with van der Waals surface area (Å²) in [5, 5.41) is 4.08. The number of rotatable bonds is 3. The number of urea groups is 1. The van der Waals surface area contributed by atoms with Gasteiger partial charge in [0, 0.05) is 30.5 Å².